The highest BCUT2D eigenvalue weighted by molar-refractivity contribution is 6.30. The van der Waals surface area contributed by atoms with Gasteiger partial charge in [0.25, 0.3) is 5.91 Å². The largest absolute Gasteiger partial charge is 0.346 e. The molecule has 88 valence electrons. The van der Waals surface area contributed by atoms with Crippen LogP contribution in [0.2, 0.25) is 5.02 Å². The first-order chi connectivity index (χ1) is 7.54. The Labute approximate surface area is 100 Å². The van der Waals surface area contributed by atoms with E-state index in [4.69, 9.17) is 17.3 Å². The van der Waals surface area contributed by atoms with Crippen LogP contribution < -0.4 is 11.1 Å². The maximum Gasteiger partial charge on any atom is 0.270 e. The Balaban J connectivity index is 2.68. The summed E-state index contributed by atoms with van der Waals surface area (Å²) in [6, 6.07) is 3.19. The summed E-state index contributed by atoms with van der Waals surface area (Å²) < 4.78 is 0. The summed E-state index contributed by atoms with van der Waals surface area (Å²) in [7, 11) is 0. The van der Waals surface area contributed by atoms with E-state index in [-0.39, 0.29) is 11.9 Å². The Bertz CT molecular complexity index is 351. The molecule has 1 aromatic heterocycles. The van der Waals surface area contributed by atoms with E-state index in [1.165, 1.54) is 6.20 Å². The monoisotopic (exact) mass is 241 g/mol. The number of carbonyl (C=O) groups excluding carboxylic acids is 1. The Morgan fingerprint density at radius 1 is 1.56 bits per heavy atom. The van der Waals surface area contributed by atoms with Gasteiger partial charge in [0.15, 0.2) is 0 Å². The number of pyridine rings is 1. The summed E-state index contributed by atoms with van der Waals surface area (Å²) in [5, 5.41) is 3.34. The van der Waals surface area contributed by atoms with Crippen molar-refractivity contribution in [2.45, 2.75) is 19.9 Å². The Morgan fingerprint density at radius 2 is 2.25 bits per heavy atom. The molecule has 0 fully saturated rings. The minimum absolute atomic E-state index is 0.0371. The van der Waals surface area contributed by atoms with Crippen molar-refractivity contribution in [2.75, 3.05) is 6.54 Å². The maximum atomic E-state index is 11.8. The number of rotatable bonds is 4. The number of aromatic nitrogens is 1. The van der Waals surface area contributed by atoms with Crippen LogP contribution in [0.4, 0.5) is 0 Å². The van der Waals surface area contributed by atoms with Crippen LogP contribution in [0.25, 0.3) is 0 Å². The van der Waals surface area contributed by atoms with Gasteiger partial charge < -0.3 is 11.1 Å². The molecule has 1 atom stereocenters. The molecule has 1 rings (SSSR count). The lowest BCUT2D eigenvalue weighted by Gasteiger charge is -2.20. The molecular formula is C11H16ClN3O. The molecule has 5 heteroatoms. The lowest BCUT2D eigenvalue weighted by molar-refractivity contribution is 0.0922. The molecule has 16 heavy (non-hydrogen) atoms. The first kappa shape index (κ1) is 12.9. The molecule has 0 spiro atoms. The molecule has 0 aliphatic heterocycles. The molecular weight excluding hydrogens is 226 g/mol. The summed E-state index contributed by atoms with van der Waals surface area (Å²) in [4.78, 5) is 15.7. The molecule has 4 nitrogen and oxygen atoms in total. The van der Waals surface area contributed by atoms with Crippen LogP contribution in [0.1, 0.15) is 24.3 Å². The van der Waals surface area contributed by atoms with Gasteiger partial charge in [-0.3, -0.25) is 4.79 Å². The van der Waals surface area contributed by atoms with E-state index in [0.29, 0.717) is 23.2 Å². The third-order valence-corrected chi connectivity index (χ3v) is 2.56. The maximum absolute atomic E-state index is 11.8. The normalized spacial score (nSPS) is 12.6. The second-order valence-corrected chi connectivity index (χ2v) is 4.36. The Morgan fingerprint density at radius 3 is 2.69 bits per heavy atom. The Hall–Kier alpha value is -1.13. The van der Waals surface area contributed by atoms with Gasteiger partial charge in [0.1, 0.15) is 5.69 Å². The number of nitrogens with zero attached hydrogens (tertiary/aromatic N) is 1. The minimum atomic E-state index is -0.221. The van der Waals surface area contributed by atoms with E-state index >= 15 is 0 Å². The molecule has 1 heterocycles. The molecule has 1 aromatic rings. The predicted molar refractivity (Wildman–Crippen MR) is 64.4 cm³/mol. The fourth-order valence-electron chi connectivity index (χ4n) is 1.25. The first-order valence-electron chi connectivity index (χ1n) is 5.17. The van der Waals surface area contributed by atoms with Gasteiger partial charge in [-0.2, -0.15) is 0 Å². The number of nitrogens with one attached hydrogen (secondary N) is 1. The summed E-state index contributed by atoms with van der Waals surface area (Å²) >= 11 is 5.69. The van der Waals surface area contributed by atoms with Crippen molar-refractivity contribution in [1.82, 2.24) is 10.3 Å². The van der Waals surface area contributed by atoms with Gasteiger partial charge in [0, 0.05) is 18.8 Å². The zero-order valence-corrected chi connectivity index (χ0v) is 10.2. The quantitative estimate of drug-likeness (QED) is 0.839. The fourth-order valence-corrected chi connectivity index (χ4v) is 1.36. The van der Waals surface area contributed by atoms with E-state index in [0.717, 1.165) is 0 Å². The third kappa shape index (κ3) is 3.47. The van der Waals surface area contributed by atoms with Gasteiger partial charge in [-0.1, -0.05) is 25.4 Å². The van der Waals surface area contributed by atoms with Crippen molar-refractivity contribution in [3.8, 4) is 0 Å². The highest BCUT2D eigenvalue weighted by atomic mass is 35.5. The van der Waals surface area contributed by atoms with Crippen molar-refractivity contribution < 1.29 is 4.79 Å². The Kier molecular flexibility index (Phi) is 4.71. The molecule has 0 bridgehead atoms. The predicted octanol–water partition coefficient (Wildman–Crippen LogP) is 1.45. The van der Waals surface area contributed by atoms with Crippen LogP contribution in [0.15, 0.2) is 18.3 Å². The molecule has 0 saturated heterocycles. The van der Waals surface area contributed by atoms with Crippen molar-refractivity contribution in [3.63, 3.8) is 0 Å². The average Bonchev–Trinajstić information content (AvgIpc) is 2.26. The van der Waals surface area contributed by atoms with E-state index < -0.39 is 0 Å². The zero-order chi connectivity index (χ0) is 12.1. The minimum Gasteiger partial charge on any atom is -0.346 e. The van der Waals surface area contributed by atoms with Gasteiger partial charge in [-0.05, 0) is 18.1 Å². The summed E-state index contributed by atoms with van der Waals surface area (Å²) in [6.07, 6.45) is 1.45. The van der Waals surface area contributed by atoms with Crippen molar-refractivity contribution in [3.05, 3.63) is 29.0 Å². The smallest absolute Gasteiger partial charge is 0.270 e. The number of hydrogen-bond acceptors (Lipinski definition) is 3. The zero-order valence-electron chi connectivity index (χ0n) is 9.40. The van der Waals surface area contributed by atoms with Crippen LogP contribution in [0, 0.1) is 5.92 Å². The second-order valence-electron chi connectivity index (χ2n) is 3.92. The summed E-state index contributed by atoms with van der Waals surface area (Å²) in [5.41, 5.74) is 5.92. The lowest BCUT2D eigenvalue weighted by Crippen LogP contribution is -2.43. The molecule has 1 amide bonds. The number of amides is 1. The number of halogens is 1. The van der Waals surface area contributed by atoms with Gasteiger partial charge in [0.2, 0.25) is 0 Å². The summed E-state index contributed by atoms with van der Waals surface area (Å²) in [6.45, 7) is 4.43. The molecule has 3 N–H and O–H groups in total. The van der Waals surface area contributed by atoms with E-state index in [9.17, 15) is 4.79 Å². The molecule has 0 aromatic carbocycles. The lowest BCUT2D eigenvalue weighted by atomic mass is 10.0. The second kappa shape index (κ2) is 5.82. The average molecular weight is 242 g/mol. The highest BCUT2D eigenvalue weighted by Crippen LogP contribution is 2.07. The standard InChI is InChI=1S/C11H16ClN3O/c1-7(2)10(5-13)15-11(16)9-4-3-8(12)6-14-9/h3-4,6-7,10H,5,13H2,1-2H3,(H,15,16). The molecule has 0 aliphatic carbocycles. The number of hydrogen-bond donors (Lipinski definition) is 2. The topological polar surface area (TPSA) is 68.0 Å². The van der Waals surface area contributed by atoms with E-state index in [1.807, 2.05) is 13.8 Å². The number of nitrogens with two attached hydrogens (primary N) is 1. The molecule has 0 saturated carbocycles. The van der Waals surface area contributed by atoms with Crippen LogP contribution in [0.3, 0.4) is 0 Å². The molecule has 0 radical (unpaired) electrons. The van der Waals surface area contributed by atoms with Crippen molar-refractivity contribution >= 4 is 17.5 Å². The van der Waals surface area contributed by atoms with Crippen LogP contribution in [-0.2, 0) is 0 Å². The van der Waals surface area contributed by atoms with Gasteiger partial charge in [0.05, 0.1) is 5.02 Å². The first-order valence-corrected chi connectivity index (χ1v) is 5.55. The van der Waals surface area contributed by atoms with Gasteiger partial charge in [-0.25, -0.2) is 4.98 Å². The van der Waals surface area contributed by atoms with Gasteiger partial charge in [-0.15, -0.1) is 0 Å². The number of carbonyl (C=O) groups is 1. The van der Waals surface area contributed by atoms with Crippen LogP contribution in [-0.4, -0.2) is 23.5 Å². The molecule has 1 unspecified atom stereocenters. The van der Waals surface area contributed by atoms with E-state index in [1.54, 1.807) is 12.1 Å². The van der Waals surface area contributed by atoms with Crippen molar-refractivity contribution in [2.24, 2.45) is 11.7 Å². The third-order valence-electron chi connectivity index (χ3n) is 2.34. The van der Waals surface area contributed by atoms with Crippen molar-refractivity contribution in [1.29, 1.82) is 0 Å². The van der Waals surface area contributed by atoms with Crippen LogP contribution >= 0.6 is 11.6 Å². The highest BCUT2D eigenvalue weighted by Gasteiger charge is 2.16. The van der Waals surface area contributed by atoms with Gasteiger partial charge >= 0.3 is 0 Å². The van der Waals surface area contributed by atoms with E-state index in [2.05, 4.69) is 10.3 Å². The fraction of sp³-hybridized carbons (Fsp3) is 0.455. The molecule has 0 aliphatic rings. The summed E-state index contributed by atoms with van der Waals surface area (Å²) in [5.74, 6) is 0.0714. The van der Waals surface area contributed by atoms with Crippen LogP contribution in [0.5, 0.6) is 0 Å². The SMILES string of the molecule is CC(C)C(CN)NC(=O)c1ccc(Cl)cn1.